The average molecular weight is 426 g/mol. The zero-order valence-electron chi connectivity index (χ0n) is 17.2. The molecule has 0 fully saturated rings. The van der Waals surface area contributed by atoms with Crippen molar-refractivity contribution in [3.63, 3.8) is 0 Å². The van der Waals surface area contributed by atoms with E-state index in [0.29, 0.717) is 35.7 Å². The van der Waals surface area contributed by atoms with E-state index in [1.165, 1.54) is 0 Å². The van der Waals surface area contributed by atoms with E-state index in [0.717, 1.165) is 11.4 Å². The van der Waals surface area contributed by atoms with Crippen molar-refractivity contribution >= 4 is 11.4 Å². The Labute approximate surface area is 185 Å². The third-order valence-electron chi connectivity index (χ3n) is 4.31. The van der Waals surface area contributed by atoms with E-state index in [2.05, 4.69) is 30.2 Å². The Balaban J connectivity index is 0.000000181. The number of nitrogens with zero attached hydrogens (tertiary/aromatic N) is 6. The van der Waals surface area contributed by atoms with Gasteiger partial charge in [-0.2, -0.15) is 0 Å². The van der Waals surface area contributed by atoms with Gasteiger partial charge in [-0.3, -0.25) is 19.9 Å². The third kappa shape index (κ3) is 6.81. The fraction of sp³-hybridized carbons (Fsp3) is 0.0833. The first-order valence-electron chi connectivity index (χ1n) is 9.84. The van der Waals surface area contributed by atoms with Gasteiger partial charge in [-0.05, 0) is 48.5 Å². The molecule has 4 heterocycles. The van der Waals surface area contributed by atoms with Crippen LogP contribution in [0.5, 0.6) is 0 Å². The van der Waals surface area contributed by atoms with Gasteiger partial charge in [0, 0.05) is 49.0 Å². The molecule has 0 amide bonds. The van der Waals surface area contributed by atoms with Gasteiger partial charge in [0.2, 0.25) is 0 Å². The summed E-state index contributed by atoms with van der Waals surface area (Å²) >= 11 is 0. The van der Waals surface area contributed by atoms with Crippen LogP contribution < -0.4 is 0 Å². The molecule has 0 aliphatic heterocycles. The molecule has 4 aromatic rings. The second kappa shape index (κ2) is 12.3. The Morgan fingerprint density at radius 3 is 1.19 bits per heavy atom. The van der Waals surface area contributed by atoms with Crippen molar-refractivity contribution in [3.05, 3.63) is 120 Å². The largest absolute Gasteiger partial charge is 0.411 e. The van der Waals surface area contributed by atoms with Crippen molar-refractivity contribution in [1.29, 1.82) is 0 Å². The van der Waals surface area contributed by atoms with Crippen LogP contribution in [0.2, 0.25) is 0 Å². The van der Waals surface area contributed by atoms with Crippen LogP contribution in [0.25, 0.3) is 0 Å². The average Bonchev–Trinajstić information content (AvgIpc) is 2.88. The molecular weight excluding hydrogens is 404 g/mol. The van der Waals surface area contributed by atoms with Crippen molar-refractivity contribution in [1.82, 2.24) is 19.9 Å². The molecule has 8 nitrogen and oxygen atoms in total. The van der Waals surface area contributed by atoms with E-state index in [9.17, 15) is 0 Å². The smallest absolute Gasteiger partial charge is 0.111 e. The lowest BCUT2D eigenvalue weighted by molar-refractivity contribution is 0.318. The predicted molar refractivity (Wildman–Crippen MR) is 121 cm³/mol. The quantitative estimate of drug-likeness (QED) is 0.275. The van der Waals surface area contributed by atoms with Crippen molar-refractivity contribution in [2.75, 3.05) is 0 Å². The molecule has 0 bridgehead atoms. The summed E-state index contributed by atoms with van der Waals surface area (Å²) in [5, 5.41) is 24.5. The lowest BCUT2D eigenvalue weighted by Crippen LogP contribution is -2.08. The van der Waals surface area contributed by atoms with Crippen molar-refractivity contribution in [2.24, 2.45) is 10.3 Å². The molecule has 0 spiro atoms. The molecule has 160 valence electrons. The van der Waals surface area contributed by atoms with Gasteiger partial charge in [0.1, 0.15) is 11.4 Å². The maximum absolute atomic E-state index is 8.96. The summed E-state index contributed by atoms with van der Waals surface area (Å²) in [6, 6.07) is 22.2. The van der Waals surface area contributed by atoms with Crippen LogP contribution in [-0.4, -0.2) is 41.8 Å². The van der Waals surface area contributed by atoms with Gasteiger partial charge in [0.05, 0.1) is 11.4 Å². The number of pyridine rings is 4. The van der Waals surface area contributed by atoms with Gasteiger partial charge in [-0.25, -0.2) is 0 Å². The molecule has 32 heavy (non-hydrogen) atoms. The summed E-state index contributed by atoms with van der Waals surface area (Å²) in [4.78, 5) is 16.6. The van der Waals surface area contributed by atoms with Gasteiger partial charge in [-0.1, -0.05) is 34.6 Å². The van der Waals surface area contributed by atoms with E-state index in [1.807, 2.05) is 60.7 Å². The summed E-state index contributed by atoms with van der Waals surface area (Å²) in [6.45, 7) is 0. The standard InChI is InChI=1S/2C12H11N3O/c2*16-15-12(11-6-2-4-8-14-11)9-10-5-1-3-7-13-10/h2*1-8,16H,9H2/b2*15-12+. The normalized spacial score (nSPS) is 11.4. The molecule has 0 radical (unpaired) electrons. The summed E-state index contributed by atoms with van der Waals surface area (Å²) in [5.41, 5.74) is 4.05. The van der Waals surface area contributed by atoms with E-state index >= 15 is 0 Å². The number of aromatic nitrogens is 4. The zero-order valence-corrected chi connectivity index (χ0v) is 17.2. The fourth-order valence-corrected chi connectivity index (χ4v) is 2.77. The summed E-state index contributed by atoms with van der Waals surface area (Å²) in [5.74, 6) is 0. The predicted octanol–water partition coefficient (Wildman–Crippen LogP) is 3.80. The summed E-state index contributed by atoms with van der Waals surface area (Å²) < 4.78 is 0. The maximum Gasteiger partial charge on any atom is 0.111 e. The number of oxime groups is 2. The molecular formula is C24H22N6O2. The fourth-order valence-electron chi connectivity index (χ4n) is 2.77. The molecule has 2 N–H and O–H groups in total. The zero-order chi connectivity index (χ0) is 22.4. The molecule has 4 rings (SSSR count). The van der Waals surface area contributed by atoms with Crippen LogP contribution in [0, 0.1) is 0 Å². The Hall–Kier alpha value is -4.46. The van der Waals surface area contributed by atoms with Gasteiger partial charge < -0.3 is 10.4 Å². The third-order valence-corrected chi connectivity index (χ3v) is 4.31. The van der Waals surface area contributed by atoms with Crippen LogP contribution >= 0.6 is 0 Å². The summed E-state index contributed by atoms with van der Waals surface area (Å²) in [7, 11) is 0. The topological polar surface area (TPSA) is 117 Å². The van der Waals surface area contributed by atoms with Crippen LogP contribution in [-0.2, 0) is 12.8 Å². The van der Waals surface area contributed by atoms with Crippen LogP contribution in [0.3, 0.4) is 0 Å². The van der Waals surface area contributed by atoms with Crippen molar-refractivity contribution < 1.29 is 10.4 Å². The Kier molecular flexibility index (Phi) is 8.53. The van der Waals surface area contributed by atoms with Gasteiger partial charge in [0.15, 0.2) is 0 Å². The van der Waals surface area contributed by atoms with E-state index in [1.54, 1.807) is 36.9 Å². The van der Waals surface area contributed by atoms with Gasteiger partial charge in [-0.15, -0.1) is 0 Å². The molecule has 0 aliphatic rings. The van der Waals surface area contributed by atoms with E-state index in [4.69, 9.17) is 10.4 Å². The van der Waals surface area contributed by atoms with Crippen molar-refractivity contribution in [3.8, 4) is 0 Å². The lowest BCUT2D eigenvalue weighted by Gasteiger charge is -2.02. The molecule has 0 saturated heterocycles. The molecule has 0 saturated carbocycles. The van der Waals surface area contributed by atoms with Crippen molar-refractivity contribution in [2.45, 2.75) is 12.8 Å². The van der Waals surface area contributed by atoms with Gasteiger partial charge >= 0.3 is 0 Å². The first-order valence-corrected chi connectivity index (χ1v) is 9.84. The highest BCUT2D eigenvalue weighted by molar-refractivity contribution is 6.00. The minimum absolute atomic E-state index is 0.467. The van der Waals surface area contributed by atoms with Gasteiger partial charge in [0.25, 0.3) is 0 Å². The van der Waals surface area contributed by atoms with E-state index < -0.39 is 0 Å². The SMILES string of the molecule is O/N=C(\Cc1ccccn1)c1ccccn1.O/N=C(\Cc1ccccn1)c1ccccn1. The van der Waals surface area contributed by atoms with Crippen LogP contribution in [0.15, 0.2) is 108 Å². The molecule has 4 aromatic heterocycles. The lowest BCUT2D eigenvalue weighted by atomic mass is 10.1. The van der Waals surface area contributed by atoms with E-state index in [-0.39, 0.29) is 0 Å². The second-order valence-electron chi connectivity index (χ2n) is 6.52. The Morgan fingerprint density at radius 2 is 0.906 bits per heavy atom. The first-order chi connectivity index (χ1) is 15.8. The molecule has 0 aliphatic carbocycles. The second-order valence-corrected chi connectivity index (χ2v) is 6.52. The summed E-state index contributed by atoms with van der Waals surface area (Å²) in [6.07, 6.45) is 7.69. The number of rotatable bonds is 6. The van der Waals surface area contributed by atoms with Crippen LogP contribution in [0.4, 0.5) is 0 Å². The molecule has 0 aromatic carbocycles. The van der Waals surface area contributed by atoms with Crippen LogP contribution in [0.1, 0.15) is 22.8 Å². The highest BCUT2D eigenvalue weighted by Crippen LogP contribution is 2.05. The maximum atomic E-state index is 8.96. The Morgan fingerprint density at radius 1 is 0.531 bits per heavy atom. The minimum atomic E-state index is 0.467. The highest BCUT2D eigenvalue weighted by Gasteiger charge is 2.08. The number of hydrogen-bond acceptors (Lipinski definition) is 8. The molecule has 0 unspecified atom stereocenters. The Bertz CT molecular complexity index is 1030. The highest BCUT2D eigenvalue weighted by atomic mass is 16.4. The number of hydrogen-bond donors (Lipinski definition) is 2. The minimum Gasteiger partial charge on any atom is -0.411 e. The first kappa shape index (κ1) is 22.2. The molecule has 0 atom stereocenters. The monoisotopic (exact) mass is 426 g/mol. The molecule has 8 heteroatoms.